The van der Waals surface area contributed by atoms with Crippen molar-refractivity contribution in [2.24, 2.45) is 5.92 Å². The molecule has 0 aromatic heterocycles. The molecular weight excluding hydrogens is 192 g/mol. The Hall–Kier alpha value is -0.610. The summed E-state index contributed by atoms with van der Waals surface area (Å²) in [6.45, 7) is 4.38. The Bertz CT molecular complexity index is 219. The molecule has 2 unspecified atom stereocenters. The van der Waals surface area contributed by atoms with Crippen LogP contribution in [0.2, 0.25) is 0 Å². The first-order chi connectivity index (χ1) is 7.06. The van der Waals surface area contributed by atoms with Crippen molar-refractivity contribution in [3.63, 3.8) is 0 Å². The summed E-state index contributed by atoms with van der Waals surface area (Å²) in [6.07, 6.45) is 1.08. The topological polar surface area (TPSA) is 32.8 Å². The average molecular weight is 214 g/mol. The van der Waals surface area contributed by atoms with Gasteiger partial charge in [-0.05, 0) is 47.0 Å². The summed E-state index contributed by atoms with van der Waals surface area (Å²) in [5, 5.41) is 0. The first-order valence-corrected chi connectivity index (χ1v) is 5.57. The van der Waals surface area contributed by atoms with E-state index in [-0.39, 0.29) is 12.0 Å². The molecule has 4 heteroatoms. The van der Waals surface area contributed by atoms with Crippen LogP contribution in [0.4, 0.5) is 0 Å². The number of likely N-dealkylation sites (N-methyl/N-ethyl adjacent to an activating group) is 1. The van der Waals surface area contributed by atoms with Crippen molar-refractivity contribution < 1.29 is 9.53 Å². The molecule has 4 nitrogen and oxygen atoms in total. The molecule has 1 fully saturated rings. The van der Waals surface area contributed by atoms with Gasteiger partial charge in [0.15, 0.2) is 0 Å². The van der Waals surface area contributed by atoms with Gasteiger partial charge in [-0.25, -0.2) is 0 Å². The zero-order chi connectivity index (χ0) is 11.4. The molecule has 15 heavy (non-hydrogen) atoms. The lowest BCUT2D eigenvalue weighted by Gasteiger charge is -2.27. The average Bonchev–Trinajstić information content (AvgIpc) is 2.51. The number of ether oxygens (including phenoxy) is 1. The van der Waals surface area contributed by atoms with E-state index in [1.54, 1.807) is 0 Å². The molecule has 0 N–H and O–H groups in total. The number of carbonyl (C=O) groups excluding carboxylic acids is 1. The third-order valence-corrected chi connectivity index (χ3v) is 2.96. The normalized spacial score (nSPS) is 24.5. The molecular formula is C11H22N2O2. The van der Waals surface area contributed by atoms with Crippen LogP contribution in [0.25, 0.3) is 0 Å². The van der Waals surface area contributed by atoms with E-state index in [0.717, 1.165) is 19.5 Å². The zero-order valence-corrected chi connectivity index (χ0v) is 10.2. The quantitative estimate of drug-likeness (QED) is 0.635. The summed E-state index contributed by atoms with van der Waals surface area (Å²) >= 11 is 0. The molecule has 88 valence electrons. The summed E-state index contributed by atoms with van der Waals surface area (Å²) in [6, 6.07) is -0.0881. The molecule has 0 radical (unpaired) electrons. The van der Waals surface area contributed by atoms with E-state index >= 15 is 0 Å². The fourth-order valence-corrected chi connectivity index (χ4v) is 2.28. The molecule has 1 aliphatic heterocycles. The molecule has 0 amide bonds. The minimum atomic E-state index is -0.0881. The van der Waals surface area contributed by atoms with Crippen LogP contribution in [0.5, 0.6) is 0 Å². The van der Waals surface area contributed by atoms with Crippen molar-refractivity contribution in [1.29, 1.82) is 0 Å². The first kappa shape index (κ1) is 12.5. The number of likely N-dealkylation sites (tertiary alicyclic amines) is 1. The van der Waals surface area contributed by atoms with Crippen molar-refractivity contribution in [1.82, 2.24) is 9.80 Å². The number of rotatable bonds is 4. The van der Waals surface area contributed by atoms with Gasteiger partial charge in [0.05, 0.1) is 6.61 Å². The predicted octanol–water partition coefficient (Wildman–Crippen LogP) is 0.431. The minimum Gasteiger partial charge on any atom is -0.465 e. The van der Waals surface area contributed by atoms with Gasteiger partial charge in [-0.2, -0.15) is 0 Å². The van der Waals surface area contributed by atoms with Gasteiger partial charge in [0.1, 0.15) is 6.04 Å². The zero-order valence-electron chi connectivity index (χ0n) is 10.2. The Labute approximate surface area is 92.2 Å². The second-order valence-electron chi connectivity index (χ2n) is 4.47. The number of nitrogens with zero attached hydrogens (tertiary/aromatic N) is 2. The predicted molar refractivity (Wildman–Crippen MR) is 59.7 cm³/mol. The number of hydrogen-bond donors (Lipinski definition) is 0. The Morgan fingerprint density at radius 1 is 1.60 bits per heavy atom. The van der Waals surface area contributed by atoms with Crippen molar-refractivity contribution in [3.05, 3.63) is 0 Å². The van der Waals surface area contributed by atoms with E-state index in [1.165, 1.54) is 0 Å². The van der Waals surface area contributed by atoms with Crippen LogP contribution < -0.4 is 0 Å². The van der Waals surface area contributed by atoms with Crippen LogP contribution in [0.15, 0.2) is 0 Å². The van der Waals surface area contributed by atoms with E-state index in [2.05, 4.69) is 11.9 Å². The standard InChI is InChI=1S/C11H22N2O2/c1-5-15-11(14)10(12(2)3)9-6-7-13(4)8-9/h9-10H,5-8H2,1-4H3. The molecule has 0 spiro atoms. The maximum atomic E-state index is 11.8. The second kappa shape index (κ2) is 5.47. The SMILES string of the molecule is CCOC(=O)C(C1CCN(C)C1)N(C)C. The number of hydrogen-bond acceptors (Lipinski definition) is 4. The number of esters is 1. The van der Waals surface area contributed by atoms with Crippen molar-refractivity contribution in [3.8, 4) is 0 Å². The Morgan fingerprint density at radius 3 is 2.67 bits per heavy atom. The van der Waals surface area contributed by atoms with Crippen LogP contribution >= 0.6 is 0 Å². The maximum absolute atomic E-state index is 11.8. The van der Waals surface area contributed by atoms with Crippen molar-refractivity contribution in [2.45, 2.75) is 19.4 Å². The second-order valence-corrected chi connectivity index (χ2v) is 4.47. The van der Waals surface area contributed by atoms with E-state index < -0.39 is 0 Å². The maximum Gasteiger partial charge on any atom is 0.323 e. The number of carbonyl (C=O) groups is 1. The Balaban J connectivity index is 2.61. The smallest absolute Gasteiger partial charge is 0.323 e. The molecule has 1 aliphatic rings. The molecule has 2 atom stereocenters. The van der Waals surface area contributed by atoms with Gasteiger partial charge in [0.25, 0.3) is 0 Å². The van der Waals surface area contributed by atoms with E-state index in [9.17, 15) is 4.79 Å². The van der Waals surface area contributed by atoms with Crippen LogP contribution in [0.3, 0.4) is 0 Å². The van der Waals surface area contributed by atoms with Gasteiger partial charge < -0.3 is 9.64 Å². The third-order valence-electron chi connectivity index (χ3n) is 2.96. The van der Waals surface area contributed by atoms with Crippen LogP contribution in [0.1, 0.15) is 13.3 Å². The highest BCUT2D eigenvalue weighted by Crippen LogP contribution is 2.21. The van der Waals surface area contributed by atoms with E-state index in [4.69, 9.17) is 4.74 Å². The molecule has 0 aromatic carbocycles. The highest BCUT2D eigenvalue weighted by Gasteiger charge is 2.35. The summed E-state index contributed by atoms with van der Waals surface area (Å²) in [5.74, 6) is 0.326. The first-order valence-electron chi connectivity index (χ1n) is 5.57. The lowest BCUT2D eigenvalue weighted by molar-refractivity contribution is -0.150. The monoisotopic (exact) mass is 214 g/mol. The lowest BCUT2D eigenvalue weighted by Crippen LogP contribution is -2.44. The molecule has 0 bridgehead atoms. The molecule has 1 heterocycles. The Morgan fingerprint density at radius 2 is 2.27 bits per heavy atom. The van der Waals surface area contributed by atoms with Gasteiger partial charge >= 0.3 is 5.97 Å². The van der Waals surface area contributed by atoms with Gasteiger partial charge in [-0.3, -0.25) is 9.69 Å². The van der Waals surface area contributed by atoms with E-state index in [0.29, 0.717) is 12.5 Å². The van der Waals surface area contributed by atoms with Gasteiger partial charge in [-0.1, -0.05) is 0 Å². The van der Waals surface area contributed by atoms with Crippen LogP contribution in [-0.4, -0.2) is 62.7 Å². The van der Waals surface area contributed by atoms with Gasteiger partial charge in [-0.15, -0.1) is 0 Å². The van der Waals surface area contributed by atoms with Crippen LogP contribution in [-0.2, 0) is 9.53 Å². The van der Waals surface area contributed by atoms with Crippen molar-refractivity contribution in [2.75, 3.05) is 40.8 Å². The summed E-state index contributed by atoms with van der Waals surface area (Å²) in [4.78, 5) is 16.0. The fourth-order valence-electron chi connectivity index (χ4n) is 2.28. The Kier molecular flexibility index (Phi) is 4.54. The summed E-state index contributed by atoms with van der Waals surface area (Å²) in [5.41, 5.74) is 0. The molecule has 0 aliphatic carbocycles. The summed E-state index contributed by atoms with van der Waals surface area (Å²) < 4.78 is 5.11. The van der Waals surface area contributed by atoms with Gasteiger partial charge in [0.2, 0.25) is 0 Å². The molecule has 0 aromatic rings. The van der Waals surface area contributed by atoms with E-state index in [1.807, 2.05) is 25.9 Å². The highest BCUT2D eigenvalue weighted by molar-refractivity contribution is 5.76. The van der Waals surface area contributed by atoms with Crippen LogP contribution in [0, 0.1) is 5.92 Å². The minimum absolute atomic E-state index is 0.0807. The van der Waals surface area contributed by atoms with Crippen molar-refractivity contribution >= 4 is 5.97 Å². The highest BCUT2D eigenvalue weighted by atomic mass is 16.5. The third kappa shape index (κ3) is 3.18. The molecule has 0 saturated carbocycles. The summed E-state index contributed by atoms with van der Waals surface area (Å²) in [7, 11) is 5.98. The molecule has 1 saturated heterocycles. The largest absolute Gasteiger partial charge is 0.465 e. The lowest BCUT2D eigenvalue weighted by atomic mass is 9.98. The molecule has 1 rings (SSSR count). The van der Waals surface area contributed by atoms with Gasteiger partial charge in [0, 0.05) is 6.54 Å². The fraction of sp³-hybridized carbons (Fsp3) is 0.909.